The maximum atomic E-state index is 12.1. The van der Waals surface area contributed by atoms with E-state index in [0.29, 0.717) is 11.6 Å². The first kappa shape index (κ1) is 15.8. The summed E-state index contributed by atoms with van der Waals surface area (Å²) in [7, 11) is 0. The zero-order chi connectivity index (χ0) is 15.9. The Kier molecular flexibility index (Phi) is 5.32. The molecule has 7 heteroatoms. The number of carbonyl (C=O) groups is 2. The van der Waals surface area contributed by atoms with Crippen molar-refractivity contribution in [1.29, 1.82) is 0 Å². The van der Waals surface area contributed by atoms with Gasteiger partial charge in [-0.25, -0.2) is 4.98 Å². The summed E-state index contributed by atoms with van der Waals surface area (Å²) < 4.78 is 5.26. The molecule has 0 atom stereocenters. The van der Waals surface area contributed by atoms with E-state index >= 15 is 0 Å². The van der Waals surface area contributed by atoms with Crippen molar-refractivity contribution < 1.29 is 14.3 Å². The summed E-state index contributed by atoms with van der Waals surface area (Å²) in [5.41, 5.74) is 5.10. The van der Waals surface area contributed by atoms with Crippen molar-refractivity contribution in [2.24, 2.45) is 0 Å². The Morgan fingerprint density at radius 3 is 2.41 bits per heavy atom. The number of hydrazine groups is 1. The lowest BCUT2D eigenvalue weighted by atomic mass is 10.2. The number of nitrogens with zero attached hydrogens (tertiary/aromatic N) is 1. The monoisotopic (exact) mass is 319 g/mol. The lowest BCUT2D eigenvalue weighted by molar-refractivity contribution is 0.0844. The van der Waals surface area contributed by atoms with Crippen LogP contribution in [-0.4, -0.2) is 23.4 Å². The van der Waals surface area contributed by atoms with Gasteiger partial charge in [0, 0.05) is 6.20 Å². The molecule has 0 saturated heterocycles. The van der Waals surface area contributed by atoms with Crippen molar-refractivity contribution >= 4 is 23.4 Å². The number of amides is 2. The topological polar surface area (TPSA) is 80.3 Å². The van der Waals surface area contributed by atoms with E-state index in [4.69, 9.17) is 16.3 Å². The molecule has 1 aromatic heterocycles. The number of hydrogen-bond acceptors (Lipinski definition) is 4. The second kappa shape index (κ2) is 7.42. The third-order valence-electron chi connectivity index (χ3n) is 2.70. The Hall–Kier alpha value is -2.60. The van der Waals surface area contributed by atoms with E-state index in [-0.39, 0.29) is 17.0 Å². The van der Waals surface area contributed by atoms with Gasteiger partial charge in [0.25, 0.3) is 11.8 Å². The molecule has 2 amide bonds. The summed E-state index contributed by atoms with van der Waals surface area (Å²) in [5, 5.41) is 0.297. The van der Waals surface area contributed by atoms with Crippen molar-refractivity contribution in [3.63, 3.8) is 0 Å². The molecule has 1 heterocycles. The van der Waals surface area contributed by atoms with E-state index in [1.165, 1.54) is 6.20 Å². The highest BCUT2D eigenvalue weighted by Crippen LogP contribution is 2.15. The molecule has 6 nitrogen and oxygen atoms in total. The number of rotatable bonds is 4. The second-order valence-electron chi connectivity index (χ2n) is 4.18. The van der Waals surface area contributed by atoms with Gasteiger partial charge in [0.1, 0.15) is 5.56 Å². The van der Waals surface area contributed by atoms with Gasteiger partial charge in [-0.1, -0.05) is 23.7 Å². The summed E-state index contributed by atoms with van der Waals surface area (Å²) in [4.78, 5) is 28.0. The quantitative estimate of drug-likeness (QED) is 0.847. The predicted octanol–water partition coefficient (Wildman–Crippen LogP) is 2.21. The van der Waals surface area contributed by atoms with Gasteiger partial charge in [-0.15, -0.1) is 0 Å². The zero-order valence-electron chi connectivity index (χ0n) is 11.8. The van der Waals surface area contributed by atoms with Gasteiger partial charge in [0.15, 0.2) is 0 Å². The molecule has 0 aliphatic heterocycles. The Morgan fingerprint density at radius 2 is 1.73 bits per heavy atom. The molecule has 2 N–H and O–H groups in total. The maximum Gasteiger partial charge on any atom is 0.275 e. The van der Waals surface area contributed by atoms with E-state index in [1.54, 1.807) is 43.3 Å². The fraction of sp³-hybridized carbons (Fsp3) is 0.133. The highest BCUT2D eigenvalue weighted by Gasteiger charge is 2.15. The maximum absolute atomic E-state index is 12.1. The normalized spacial score (nSPS) is 9.91. The van der Waals surface area contributed by atoms with E-state index in [1.807, 2.05) is 0 Å². The van der Waals surface area contributed by atoms with Crippen molar-refractivity contribution in [2.75, 3.05) is 6.61 Å². The van der Waals surface area contributed by atoms with E-state index in [0.717, 1.165) is 0 Å². The molecular formula is C15H14ClN3O3. The standard InChI is InChI=1S/C15H14ClN3O3/c1-2-22-15-11(7-5-9-17-15)14(21)19-18-13(20)10-6-3-4-8-12(10)16/h3-9H,2H2,1H3,(H,18,20)(H,19,21). The zero-order valence-corrected chi connectivity index (χ0v) is 12.6. The minimum Gasteiger partial charge on any atom is -0.477 e. The van der Waals surface area contributed by atoms with Crippen molar-refractivity contribution in [3.8, 4) is 5.88 Å². The Bertz CT molecular complexity index is 691. The lowest BCUT2D eigenvalue weighted by Gasteiger charge is -2.10. The minimum absolute atomic E-state index is 0.203. The summed E-state index contributed by atoms with van der Waals surface area (Å²) >= 11 is 5.91. The summed E-state index contributed by atoms with van der Waals surface area (Å²) in [6, 6.07) is 9.69. The van der Waals surface area contributed by atoms with Crippen LogP contribution in [0.5, 0.6) is 5.88 Å². The molecule has 0 aliphatic rings. The first-order valence-corrected chi connectivity index (χ1v) is 6.94. The summed E-state index contributed by atoms with van der Waals surface area (Å²) in [6.07, 6.45) is 1.52. The largest absolute Gasteiger partial charge is 0.477 e. The molecule has 1 aromatic carbocycles. The third kappa shape index (κ3) is 3.73. The number of ether oxygens (including phenoxy) is 1. The average molecular weight is 320 g/mol. The first-order valence-electron chi connectivity index (χ1n) is 6.56. The Labute approximate surface area is 132 Å². The van der Waals surface area contributed by atoms with Gasteiger partial charge < -0.3 is 4.74 Å². The molecule has 0 radical (unpaired) electrons. The van der Waals surface area contributed by atoms with Crippen LogP contribution in [0.25, 0.3) is 0 Å². The highest BCUT2D eigenvalue weighted by molar-refractivity contribution is 6.33. The third-order valence-corrected chi connectivity index (χ3v) is 3.03. The fourth-order valence-electron chi connectivity index (χ4n) is 1.71. The molecule has 0 saturated carbocycles. The smallest absolute Gasteiger partial charge is 0.275 e. The van der Waals surface area contributed by atoms with Gasteiger partial charge in [0.05, 0.1) is 17.2 Å². The summed E-state index contributed by atoms with van der Waals surface area (Å²) in [5.74, 6) is -0.841. The van der Waals surface area contributed by atoms with Crippen LogP contribution in [0, 0.1) is 0 Å². The first-order chi connectivity index (χ1) is 10.6. The molecular weight excluding hydrogens is 306 g/mol. The average Bonchev–Trinajstić information content (AvgIpc) is 2.53. The van der Waals surface area contributed by atoms with Crippen LogP contribution >= 0.6 is 11.6 Å². The molecule has 0 fully saturated rings. The lowest BCUT2D eigenvalue weighted by Crippen LogP contribution is -2.41. The van der Waals surface area contributed by atoms with Gasteiger partial charge >= 0.3 is 0 Å². The number of halogens is 1. The van der Waals surface area contributed by atoms with Crippen LogP contribution < -0.4 is 15.6 Å². The van der Waals surface area contributed by atoms with Crippen LogP contribution in [0.3, 0.4) is 0 Å². The van der Waals surface area contributed by atoms with Crippen LogP contribution in [0.1, 0.15) is 27.6 Å². The number of pyridine rings is 1. The molecule has 22 heavy (non-hydrogen) atoms. The Morgan fingerprint density at radius 1 is 1.09 bits per heavy atom. The van der Waals surface area contributed by atoms with Crippen LogP contribution in [-0.2, 0) is 0 Å². The van der Waals surface area contributed by atoms with Crippen molar-refractivity contribution in [3.05, 3.63) is 58.7 Å². The van der Waals surface area contributed by atoms with Crippen LogP contribution in [0.15, 0.2) is 42.6 Å². The predicted molar refractivity (Wildman–Crippen MR) is 81.8 cm³/mol. The van der Waals surface area contributed by atoms with E-state index < -0.39 is 11.8 Å². The molecule has 0 spiro atoms. The Balaban J connectivity index is 2.04. The molecule has 2 aromatic rings. The van der Waals surface area contributed by atoms with Crippen LogP contribution in [0.4, 0.5) is 0 Å². The second-order valence-corrected chi connectivity index (χ2v) is 4.58. The van der Waals surface area contributed by atoms with Gasteiger partial charge in [0.2, 0.25) is 5.88 Å². The number of hydrogen-bond donors (Lipinski definition) is 2. The van der Waals surface area contributed by atoms with Gasteiger partial charge in [-0.2, -0.15) is 0 Å². The number of benzene rings is 1. The molecule has 114 valence electrons. The van der Waals surface area contributed by atoms with Crippen molar-refractivity contribution in [2.45, 2.75) is 6.92 Å². The van der Waals surface area contributed by atoms with E-state index in [2.05, 4.69) is 15.8 Å². The van der Waals surface area contributed by atoms with E-state index in [9.17, 15) is 9.59 Å². The van der Waals surface area contributed by atoms with Gasteiger partial charge in [-0.3, -0.25) is 20.4 Å². The van der Waals surface area contributed by atoms with Gasteiger partial charge in [-0.05, 0) is 31.2 Å². The molecule has 0 bridgehead atoms. The number of aromatic nitrogens is 1. The van der Waals surface area contributed by atoms with Crippen molar-refractivity contribution in [1.82, 2.24) is 15.8 Å². The molecule has 0 unspecified atom stereocenters. The minimum atomic E-state index is -0.531. The fourth-order valence-corrected chi connectivity index (χ4v) is 1.93. The van der Waals surface area contributed by atoms with Crippen LogP contribution in [0.2, 0.25) is 5.02 Å². The number of nitrogens with one attached hydrogen (secondary N) is 2. The SMILES string of the molecule is CCOc1ncccc1C(=O)NNC(=O)c1ccccc1Cl. The summed E-state index contributed by atoms with van der Waals surface area (Å²) in [6.45, 7) is 2.17. The number of carbonyl (C=O) groups excluding carboxylic acids is 2. The molecule has 0 aliphatic carbocycles. The highest BCUT2D eigenvalue weighted by atomic mass is 35.5. The molecule has 2 rings (SSSR count).